The maximum absolute atomic E-state index is 12.0. The summed E-state index contributed by atoms with van der Waals surface area (Å²) < 4.78 is 0. The summed E-state index contributed by atoms with van der Waals surface area (Å²) in [6, 6.07) is 7.47. The fraction of sp³-hybridized carbons (Fsp3) is 0.529. The topological polar surface area (TPSA) is 70.2 Å². The van der Waals surface area contributed by atoms with Gasteiger partial charge in [-0.1, -0.05) is 0 Å². The zero-order valence-electron chi connectivity index (χ0n) is 12.7. The molecule has 0 bridgehead atoms. The number of nitrogens with one attached hydrogen (secondary N) is 3. The number of amides is 2. The molecule has 0 spiro atoms. The van der Waals surface area contributed by atoms with Crippen LogP contribution in [0.2, 0.25) is 0 Å². The average molecular weight is 301 g/mol. The van der Waals surface area contributed by atoms with E-state index in [0.717, 1.165) is 44.5 Å². The van der Waals surface area contributed by atoms with Gasteiger partial charge in [0.05, 0.1) is 0 Å². The van der Waals surface area contributed by atoms with Crippen LogP contribution in [0.1, 0.15) is 42.5 Å². The Balaban J connectivity index is 1.49. The van der Waals surface area contributed by atoms with Crippen LogP contribution in [0.15, 0.2) is 24.3 Å². The van der Waals surface area contributed by atoms with Crippen LogP contribution in [0.3, 0.4) is 0 Å². The van der Waals surface area contributed by atoms with Gasteiger partial charge in [0.25, 0.3) is 5.91 Å². The van der Waals surface area contributed by atoms with Crippen LogP contribution < -0.4 is 16.0 Å². The van der Waals surface area contributed by atoms with Gasteiger partial charge in [-0.2, -0.15) is 0 Å². The van der Waals surface area contributed by atoms with Gasteiger partial charge in [0.15, 0.2) is 0 Å². The van der Waals surface area contributed by atoms with Crippen LogP contribution in [-0.2, 0) is 4.79 Å². The van der Waals surface area contributed by atoms with Crippen LogP contribution >= 0.6 is 0 Å². The number of carbonyl (C=O) groups excluding carboxylic acids is 2. The zero-order chi connectivity index (χ0) is 15.4. The first-order valence-electron chi connectivity index (χ1n) is 8.12. The highest BCUT2D eigenvalue weighted by Crippen LogP contribution is 2.20. The monoisotopic (exact) mass is 301 g/mol. The summed E-state index contributed by atoms with van der Waals surface area (Å²) in [6.07, 6.45) is 4.86. The van der Waals surface area contributed by atoms with Gasteiger partial charge in [0.2, 0.25) is 5.91 Å². The molecule has 0 radical (unpaired) electrons. The van der Waals surface area contributed by atoms with Gasteiger partial charge in [-0.25, -0.2) is 0 Å². The van der Waals surface area contributed by atoms with Crippen molar-refractivity contribution >= 4 is 17.5 Å². The number of hydrogen-bond donors (Lipinski definition) is 3. The van der Waals surface area contributed by atoms with E-state index in [1.54, 1.807) is 24.3 Å². The van der Waals surface area contributed by atoms with E-state index in [2.05, 4.69) is 16.0 Å². The number of anilines is 1. The molecule has 118 valence electrons. The quantitative estimate of drug-likeness (QED) is 0.778. The number of hydrogen-bond acceptors (Lipinski definition) is 3. The SMILES string of the molecule is O=C(CC1CCNCC1)Nc1ccc(C(=O)NC2CC2)cc1. The van der Waals surface area contributed by atoms with Crippen LogP contribution in [0.25, 0.3) is 0 Å². The minimum atomic E-state index is -0.0323. The van der Waals surface area contributed by atoms with Crippen molar-refractivity contribution in [2.45, 2.75) is 38.1 Å². The van der Waals surface area contributed by atoms with Crippen molar-refractivity contribution in [2.24, 2.45) is 5.92 Å². The first-order valence-corrected chi connectivity index (χ1v) is 8.12. The van der Waals surface area contributed by atoms with E-state index >= 15 is 0 Å². The van der Waals surface area contributed by atoms with Gasteiger partial charge in [0, 0.05) is 23.7 Å². The first kappa shape index (κ1) is 15.0. The summed E-state index contributed by atoms with van der Waals surface area (Å²) in [7, 11) is 0. The third-order valence-electron chi connectivity index (χ3n) is 4.28. The minimum Gasteiger partial charge on any atom is -0.349 e. The lowest BCUT2D eigenvalue weighted by atomic mass is 9.94. The van der Waals surface area contributed by atoms with E-state index < -0.39 is 0 Å². The zero-order valence-corrected chi connectivity index (χ0v) is 12.7. The summed E-state index contributed by atoms with van der Waals surface area (Å²) in [4.78, 5) is 23.9. The Labute approximate surface area is 130 Å². The van der Waals surface area contributed by atoms with Crippen molar-refractivity contribution in [3.63, 3.8) is 0 Å². The molecule has 1 saturated carbocycles. The number of benzene rings is 1. The van der Waals surface area contributed by atoms with Gasteiger partial charge in [-0.05, 0) is 69.0 Å². The molecule has 1 aliphatic carbocycles. The van der Waals surface area contributed by atoms with Crippen molar-refractivity contribution in [3.8, 4) is 0 Å². The highest BCUT2D eigenvalue weighted by molar-refractivity contribution is 5.96. The molecule has 1 aromatic rings. The molecule has 1 aliphatic heterocycles. The van der Waals surface area contributed by atoms with Crippen LogP contribution in [0.5, 0.6) is 0 Å². The lowest BCUT2D eigenvalue weighted by Crippen LogP contribution is -2.30. The Kier molecular flexibility index (Phi) is 4.73. The lowest BCUT2D eigenvalue weighted by Gasteiger charge is -2.21. The number of rotatable bonds is 5. The van der Waals surface area contributed by atoms with Crippen LogP contribution in [-0.4, -0.2) is 30.9 Å². The molecule has 2 fully saturated rings. The molecule has 2 amide bonds. The van der Waals surface area contributed by atoms with Crippen molar-refractivity contribution < 1.29 is 9.59 Å². The Bertz CT molecular complexity index is 531. The third kappa shape index (κ3) is 4.31. The van der Waals surface area contributed by atoms with Crippen molar-refractivity contribution in [2.75, 3.05) is 18.4 Å². The van der Waals surface area contributed by atoms with Crippen molar-refractivity contribution in [1.82, 2.24) is 10.6 Å². The molecule has 0 atom stereocenters. The van der Waals surface area contributed by atoms with Crippen molar-refractivity contribution in [1.29, 1.82) is 0 Å². The largest absolute Gasteiger partial charge is 0.349 e. The average Bonchev–Trinajstić information content (AvgIpc) is 3.33. The molecule has 3 rings (SSSR count). The van der Waals surface area contributed by atoms with Crippen LogP contribution in [0.4, 0.5) is 5.69 Å². The highest BCUT2D eigenvalue weighted by atomic mass is 16.2. The summed E-state index contributed by atoms with van der Waals surface area (Å²) in [6.45, 7) is 2.01. The molecular formula is C17H23N3O2. The molecule has 0 aromatic heterocycles. The maximum Gasteiger partial charge on any atom is 0.251 e. The maximum atomic E-state index is 12.0. The summed E-state index contributed by atoms with van der Waals surface area (Å²) in [5, 5.41) is 9.17. The van der Waals surface area contributed by atoms with Crippen molar-refractivity contribution in [3.05, 3.63) is 29.8 Å². The Morgan fingerprint density at radius 3 is 2.36 bits per heavy atom. The van der Waals surface area contributed by atoms with E-state index in [1.807, 2.05) is 0 Å². The minimum absolute atomic E-state index is 0.0323. The smallest absolute Gasteiger partial charge is 0.251 e. The molecule has 1 saturated heterocycles. The second-order valence-corrected chi connectivity index (χ2v) is 6.27. The molecule has 1 aromatic carbocycles. The van der Waals surface area contributed by atoms with E-state index in [0.29, 0.717) is 23.9 Å². The molecule has 5 nitrogen and oxygen atoms in total. The molecule has 5 heteroatoms. The van der Waals surface area contributed by atoms with E-state index in [1.165, 1.54) is 0 Å². The molecule has 1 heterocycles. The van der Waals surface area contributed by atoms with Crippen LogP contribution in [0, 0.1) is 5.92 Å². The predicted molar refractivity (Wildman–Crippen MR) is 85.8 cm³/mol. The van der Waals surface area contributed by atoms with Gasteiger partial charge in [-0.3, -0.25) is 9.59 Å². The Morgan fingerprint density at radius 2 is 1.73 bits per heavy atom. The number of carbonyl (C=O) groups is 2. The standard InChI is InChI=1S/C17H23N3O2/c21-16(11-12-7-9-18-10-8-12)19-14-3-1-13(2-4-14)17(22)20-15-5-6-15/h1-4,12,15,18H,5-11H2,(H,19,21)(H,20,22). The third-order valence-corrected chi connectivity index (χ3v) is 4.28. The van der Waals surface area contributed by atoms with E-state index in [4.69, 9.17) is 0 Å². The van der Waals surface area contributed by atoms with Gasteiger partial charge < -0.3 is 16.0 Å². The van der Waals surface area contributed by atoms with Gasteiger partial charge in [-0.15, -0.1) is 0 Å². The molecule has 3 N–H and O–H groups in total. The molecule has 2 aliphatic rings. The predicted octanol–water partition coefficient (Wildman–Crippen LogP) is 1.91. The van der Waals surface area contributed by atoms with Gasteiger partial charge >= 0.3 is 0 Å². The Morgan fingerprint density at radius 1 is 1.05 bits per heavy atom. The fourth-order valence-electron chi connectivity index (χ4n) is 2.76. The summed E-state index contributed by atoms with van der Waals surface area (Å²) in [5.74, 6) is 0.502. The lowest BCUT2D eigenvalue weighted by molar-refractivity contribution is -0.117. The van der Waals surface area contributed by atoms with E-state index in [9.17, 15) is 9.59 Å². The molecule has 22 heavy (non-hydrogen) atoms. The van der Waals surface area contributed by atoms with Gasteiger partial charge in [0.1, 0.15) is 0 Å². The Hall–Kier alpha value is -1.88. The first-order chi connectivity index (χ1) is 10.7. The fourth-order valence-corrected chi connectivity index (χ4v) is 2.76. The highest BCUT2D eigenvalue weighted by Gasteiger charge is 2.23. The summed E-state index contributed by atoms with van der Waals surface area (Å²) >= 11 is 0. The normalized spacial score (nSPS) is 18.7. The second-order valence-electron chi connectivity index (χ2n) is 6.27. The second kappa shape index (κ2) is 6.92. The molecular weight excluding hydrogens is 278 g/mol. The summed E-state index contributed by atoms with van der Waals surface area (Å²) in [5.41, 5.74) is 1.39. The molecule has 0 unspecified atom stereocenters. The van der Waals surface area contributed by atoms with E-state index in [-0.39, 0.29) is 11.8 Å². The number of piperidine rings is 1.